The highest BCUT2D eigenvalue weighted by Gasteiger charge is 2.19. The van der Waals surface area contributed by atoms with Crippen molar-refractivity contribution in [3.63, 3.8) is 0 Å². The summed E-state index contributed by atoms with van der Waals surface area (Å²) in [5, 5.41) is 6.91. The summed E-state index contributed by atoms with van der Waals surface area (Å²) in [5.41, 5.74) is 6.90. The molecule has 0 saturated heterocycles. The summed E-state index contributed by atoms with van der Waals surface area (Å²) in [5.74, 6) is 1.55. The number of imidazole rings is 2. The molecule has 0 N–H and O–H groups in total. The molecule has 8 aromatic rings. The molecule has 5 nitrogen and oxygen atoms in total. The molecule has 212 valence electrons. The van der Waals surface area contributed by atoms with Crippen LogP contribution in [-0.2, 0) is 10.8 Å². The Kier molecular flexibility index (Phi) is 5.28. The first-order valence-corrected chi connectivity index (χ1v) is 14.9. The Balaban J connectivity index is 1.28. The minimum atomic E-state index is 0.0590. The molecule has 8 rings (SSSR count). The Morgan fingerprint density at radius 1 is 0.488 bits per heavy atom. The van der Waals surface area contributed by atoms with Crippen LogP contribution in [-0.4, -0.2) is 18.8 Å². The lowest BCUT2D eigenvalue weighted by Crippen LogP contribution is -2.10. The maximum atomic E-state index is 6.55. The normalized spacial score (nSPS) is 12.9. The summed E-state index contributed by atoms with van der Waals surface area (Å²) in [7, 11) is 0. The van der Waals surface area contributed by atoms with Crippen LogP contribution in [0.4, 0.5) is 0 Å². The van der Waals surface area contributed by atoms with E-state index in [-0.39, 0.29) is 10.8 Å². The van der Waals surface area contributed by atoms with Crippen LogP contribution in [0.25, 0.3) is 54.6 Å². The number of hydrogen-bond acceptors (Lipinski definition) is 3. The van der Waals surface area contributed by atoms with Crippen LogP contribution in [0.1, 0.15) is 52.7 Å². The number of ether oxygens (including phenoxy) is 1. The van der Waals surface area contributed by atoms with Gasteiger partial charge in [0, 0.05) is 46.3 Å². The van der Waals surface area contributed by atoms with E-state index in [2.05, 4.69) is 123 Å². The van der Waals surface area contributed by atoms with E-state index in [0.29, 0.717) is 0 Å². The van der Waals surface area contributed by atoms with Gasteiger partial charge in [-0.05, 0) is 93.4 Å². The second-order valence-electron chi connectivity index (χ2n) is 13.7. The molecule has 0 radical (unpaired) electrons. The van der Waals surface area contributed by atoms with E-state index in [9.17, 15) is 0 Å². The van der Waals surface area contributed by atoms with Crippen molar-refractivity contribution in [1.82, 2.24) is 18.8 Å². The van der Waals surface area contributed by atoms with Crippen molar-refractivity contribution < 1.29 is 4.74 Å². The molecule has 0 bridgehead atoms. The number of rotatable bonds is 2. The fourth-order valence-electron chi connectivity index (χ4n) is 6.40. The summed E-state index contributed by atoms with van der Waals surface area (Å²) in [4.78, 5) is 9.47. The van der Waals surface area contributed by atoms with E-state index >= 15 is 0 Å². The zero-order valence-electron chi connectivity index (χ0n) is 25.4. The average molecular weight is 563 g/mol. The Bertz CT molecular complexity index is 2230. The fraction of sp³-hybridized carbons (Fsp3) is 0.211. The molecule has 0 aliphatic carbocycles. The van der Waals surface area contributed by atoms with E-state index < -0.39 is 0 Å². The van der Waals surface area contributed by atoms with Gasteiger partial charge in [-0.25, -0.2) is 9.97 Å². The van der Waals surface area contributed by atoms with E-state index in [1.54, 1.807) is 0 Å². The number of fused-ring (bicyclic) bond motifs is 12. The van der Waals surface area contributed by atoms with Crippen LogP contribution >= 0.6 is 0 Å². The number of benzene rings is 4. The molecular weight excluding hydrogens is 528 g/mol. The molecule has 4 aromatic heterocycles. The average Bonchev–Trinajstić information content (AvgIpc) is 3.67. The third-order valence-corrected chi connectivity index (χ3v) is 8.81. The van der Waals surface area contributed by atoms with Gasteiger partial charge in [0.2, 0.25) is 0 Å². The molecule has 0 fully saturated rings. The molecule has 5 heteroatoms. The van der Waals surface area contributed by atoms with Crippen LogP contribution < -0.4 is 4.74 Å². The minimum Gasteiger partial charge on any atom is -0.457 e. The quantitative estimate of drug-likeness (QED) is 0.197. The van der Waals surface area contributed by atoms with E-state index in [1.165, 1.54) is 32.7 Å². The van der Waals surface area contributed by atoms with Crippen LogP contribution in [0.5, 0.6) is 11.5 Å². The first kappa shape index (κ1) is 25.8. The predicted molar refractivity (Wildman–Crippen MR) is 178 cm³/mol. The third-order valence-electron chi connectivity index (χ3n) is 8.81. The van der Waals surface area contributed by atoms with Crippen LogP contribution in [0, 0.1) is 0 Å². The first-order valence-electron chi connectivity index (χ1n) is 14.9. The van der Waals surface area contributed by atoms with Gasteiger partial charge in [0.25, 0.3) is 0 Å². The van der Waals surface area contributed by atoms with Crippen molar-refractivity contribution in [1.29, 1.82) is 0 Å². The number of hydrogen-bond donors (Lipinski definition) is 0. The Morgan fingerprint density at radius 2 is 0.930 bits per heavy atom. The van der Waals surface area contributed by atoms with E-state index in [4.69, 9.17) is 14.7 Å². The maximum absolute atomic E-state index is 6.55. The monoisotopic (exact) mass is 562 g/mol. The molecule has 0 unspecified atom stereocenters. The summed E-state index contributed by atoms with van der Waals surface area (Å²) in [6.45, 7) is 13.5. The van der Waals surface area contributed by atoms with Gasteiger partial charge in [-0.3, -0.25) is 8.80 Å². The molecule has 4 aromatic carbocycles. The summed E-state index contributed by atoms with van der Waals surface area (Å²) >= 11 is 0. The highest BCUT2D eigenvalue weighted by molar-refractivity contribution is 6.13. The van der Waals surface area contributed by atoms with Crippen molar-refractivity contribution >= 4 is 54.6 Å². The van der Waals surface area contributed by atoms with Crippen LogP contribution in [0.3, 0.4) is 0 Å². The van der Waals surface area contributed by atoms with E-state index in [1.807, 2.05) is 24.8 Å². The van der Waals surface area contributed by atoms with Crippen molar-refractivity contribution in [2.75, 3.05) is 0 Å². The molecule has 43 heavy (non-hydrogen) atoms. The van der Waals surface area contributed by atoms with Gasteiger partial charge < -0.3 is 4.74 Å². The predicted octanol–water partition coefficient (Wildman–Crippen LogP) is 9.98. The molecule has 0 aliphatic rings. The maximum Gasteiger partial charge on any atom is 0.145 e. The van der Waals surface area contributed by atoms with Crippen molar-refractivity contribution in [2.45, 2.75) is 52.4 Å². The number of nitrogens with zero attached hydrogens (tertiary/aromatic N) is 4. The van der Waals surface area contributed by atoms with Gasteiger partial charge in [-0.2, -0.15) is 0 Å². The molecule has 0 spiro atoms. The Morgan fingerprint density at radius 3 is 1.35 bits per heavy atom. The fourth-order valence-corrected chi connectivity index (χ4v) is 6.40. The molecular formula is C38H34N4O. The second kappa shape index (κ2) is 8.81. The minimum absolute atomic E-state index is 0.0590. The van der Waals surface area contributed by atoms with E-state index in [0.717, 1.165) is 44.6 Å². The summed E-state index contributed by atoms with van der Waals surface area (Å²) in [6, 6.07) is 26.3. The number of aromatic nitrogens is 4. The van der Waals surface area contributed by atoms with Crippen molar-refractivity contribution in [3.05, 3.63) is 109 Å². The standard InChI is InChI=1S/C38H34N4O/c1-37(2,3)23-7-13-33-29(19-23)27-11-9-25(21-31(27)35-39-15-17-41(33)35)43-26-10-12-28-30-20-24(38(4,5)6)8-14-34(30)42-18-16-40-36(42)32(28)22-26/h7-22H,1-6H3. The second-order valence-corrected chi connectivity index (χ2v) is 13.7. The zero-order chi connectivity index (χ0) is 29.7. The Labute approximate surface area is 250 Å². The van der Waals surface area contributed by atoms with Crippen LogP contribution in [0.2, 0.25) is 0 Å². The lowest BCUT2D eigenvalue weighted by molar-refractivity contribution is 0.484. The molecule has 0 amide bonds. The Hall–Kier alpha value is -4.90. The molecule has 0 atom stereocenters. The van der Waals surface area contributed by atoms with Crippen molar-refractivity contribution in [3.8, 4) is 11.5 Å². The third kappa shape index (κ3) is 3.98. The zero-order valence-corrected chi connectivity index (χ0v) is 25.4. The molecule has 4 heterocycles. The lowest BCUT2D eigenvalue weighted by atomic mass is 9.86. The number of pyridine rings is 2. The highest BCUT2D eigenvalue weighted by Crippen LogP contribution is 2.38. The topological polar surface area (TPSA) is 43.8 Å². The smallest absolute Gasteiger partial charge is 0.145 e. The first-order chi connectivity index (χ1) is 20.6. The molecule has 0 aliphatic heterocycles. The van der Waals surface area contributed by atoms with Gasteiger partial charge in [0.1, 0.15) is 22.8 Å². The highest BCUT2D eigenvalue weighted by atomic mass is 16.5. The SMILES string of the molecule is CC(C)(C)c1ccc2c(c1)c1ccc(Oc3ccc4c5cc(C(C)(C)C)ccc5n5ccnc5c4c3)cc1c1nccn21. The largest absolute Gasteiger partial charge is 0.457 e. The van der Waals surface area contributed by atoms with Gasteiger partial charge >= 0.3 is 0 Å². The summed E-state index contributed by atoms with van der Waals surface area (Å²) in [6.07, 6.45) is 7.81. The van der Waals surface area contributed by atoms with Gasteiger partial charge in [0.15, 0.2) is 0 Å². The van der Waals surface area contributed by atoms with Crippen molar-refractivity contribution in [2.24, 2.45) is 0 Å². The van der Waals surface area contributed by atoms with Gasteiger partial charge in [-0.1, -0.05) is 53.7 Å². The van der Waals surface area contributed by atoms with Gasteiger partial charge in [-0.15, -0.1) is 0 Å². The van der Waals surface area contributed by atoms with Crippen LogP contribution in [0.15, 0.2) is 97.6 Å². The van der Waals surface area contributed by atoms with Gasteiger partial charge in [0.05, 0.1) is 11.0 Å². The summed E-state index contributed by atoms with van der Waals surface area (Å²) < 4.78 is 10.9. The lowest BCUT2D eigenvalue weighted by Gasteiger charge is -2.20. The molecule has 0 saturated carbocycles.